The van der Waals surface area contributed by atoms with E-state index in [9.17, 15) is 35.1 Å². The van der Waals surface area contributed by atoms with Crippen LogP contribution >= 0.6 is 12.6 Å². The molecule has 13 nitrogen and oxygen atoms in total. The largest absolute Gasteiger partial charge is 0.394 e. The molecule has 6 unspecified atom stereocenters. The van der Waals surface area contributed by atoms with Crippen molar-refractivity contribution in [1.29, 1.82) is 0 Å². The van der Waals surface area contributed by atoms with E-state index in [-0.39, 0.29) is 18.9 Å². The molecule has 33 heavy (non-hydrogen) atoms. The number of carbonyl (C=O) groups is 2. The Hall–Kier alpha value is -1.07. The van der Waals surface area contributed by atoms with Gasteiger partial charge >= 0.3 is 0 Å². The molecule has 7 N–H and O–H groups in total. The van der Waals surface area contributed by atoms with Gasteiger partial charge in [0.2, 0.25) is 11.8 Å². The highest BCUT2D eigenvalue weighted by molar-refractivity contribution is 7.80. The van der Waals surface area contributed by atoms with Crippen molar-refractivity contribution in [1.82, 2.24) is 10.6 Å². The van der Waals surface area contributed by atoms with Gasteiger partial charge in [0.25, 0.3) is 0 Å². The van der Waals surface area contributed by atoms with Crippen LogP contribution in [0.25, 0.3) is 0 Å². The van der Waals surface area contributed by atoms with Crippen molar-refractivity contribution >= 4 is 24.4 Å². The number of rotatable bonds is 9. The van der Waals surface area contributed by atoms with Crippen molar-refractivity contribution in [3.05, 3.63) is 0 Å². The molecule has 0 bridgehead atoms. The van der Waals surface area contributed by atoms with Gasteiger partial charge in [0, 0.05) is 26.0 Å². The summed E-state index contributed by atoms with van der Waals surface area (Å²) in [5.74, 6) is -0.580. The zero-order valence-corrected chi connectivity index (χ0v) is 19.3. The van der Waals surface area contributed by atoms with Crippen LogP contribution in [0.15, 0.2) is 0 Å². The highest BCUT2D eigenvalue weighted by Crippen LogP contribution is 2.29. The van der Waals surface area contributed by atoms with Crippen LogP contribution in [0.5, 0.6) is 0 Å². The first-order chi connectivity index (χ1) is 15.6. The van der Waals surface area contributed by atoms with Crippen molar-refractivity contribution in [3.63, 3.8) is 0 Å². The Balaban J connectivity index is 2.29. The lowest BCUT2D eigenvalue weighted by Gasteiger charge is -2.44. The van der Waals surface area contributed by atoms with Crippen LogP contribution in [-0.2, 0) is 28.5 Å². The lowest BCUT2D eigenvalue weighted by molar-refractivity contribution is -0.304. The van der Waals surface area contributed by atoms with Gasteiger partial charge in [-0.3, -0.25) is 9.59 Å². The molecule has 2 aliphatic heterocycles. The Bertz CT molecular complexity index is 645. The van der Waals surface area contributed by atoms with Crippen molar-refractivity contribution in [3.8, 4) is 0 Å². The molecule has 0 aromatic heterocycles. The van der Waals surface area contributed by atoms with Crippen molar-refractivity contribution in [2.24, 2.45) is 0 Å². The quantitative estimate of drug-likeness (QED) is 0.145. The van der Waals surface area contributed by atoms with Crippen LogP contribution in [0, 0.1) is 0 Å². The molecule has 2 rings (SSSR count). The number of thiol groups is 1. The van der Waals surface area contributed by atoms with E-state index in [1.54, 1.807) is 0 Å². The average molecular weight is 499 g/mol. The van der Waals surface area contributed by atoms with Crippen LogP contribution in [0.3, 0.4) is 0 Å². The van der Waals surface area contributed by atoms with Crippen LogP contribution < -0.4 is 10.6 Å². The summed E-state index contributed by atoms with van der Waals surface area (Å²) in [5.41, 5.74) is 0. The first-order valence-corrected chi connectivity index (χ1v) is 11.2. The van der Waals surface area contributed by atoms with Gasteiger partial charge in [0.15, 0.2) is 12.6 Å². The summed E-state index contributed by atoms with van der Waals surface area (Å²) in [7, 11) is 0. The molecular weight excluding hydrogens is 464 g/mol. The molecule has 0 aliphatic carbocycles. The molecule has 0 aromatic rings. The van der Waals surface area contributed by atoms with E-state index in [0.29, 0.717) is 5.75 Å². The Morgan fingerprint density at radius 3 is 2.12 bits per heavy atom. The fourth-order valence-corrected chi connectivity index (χ4v) is 3.98. The van der Waals surface area contributed by atoms with E-state index in [2.05, 4.69) is 23.3 Å². The van der Waals surface area contributed by atoms with E-state index >= 15 is 0 Å². The topological polar surface area (TPSA) is 196 Å². The number of aliphatic hydroxyl groups excluding tert-OH is 5. The van der Waals surface area contributed by atoms with Crippen LogP contribution in [-0.4, -0.2) is 124 Å². The van der Waals surface area contributed by atoms with Crippen LogP contribution in [0.1, 0.15) is 20.3 Å². The first kappa shape index (κ1) is 28.2. The summed E-state index contributed by atoms with van der Waals surface area (Å²) in [6.45, 7) is 1.39. The number of hydrogen-bond acceptors (Lipinski definition) is 12. The minimum atomic E-state index is -1.56. The van der Waals surface area contributed by atoms with Crippen molar-refractivity contribution < 1.29 is 54.1 Å². The van der Waals surface area contributed by atoms with Gasteiger partial charge in [-0.2, -0.15) is 12.6 Å². The molecule has 2 fully saturated rings. The number of ether oxygens (including phenoxy) is 4. The molecule has 10 atom stereocenters. The first-order valence-electron chi connectivity index (χ1n) is 10.6. The summed E-state index contributed by atoms with van der Waals surface area (Å²) in [5, 5.41) is 56.0. The number of aliphatic hydroxyl groups is 5. The summed E-state index contributed by atoms with van der Waals surface area (Å²) in [4.78, 5) is 23.3. The van der Waals surface area contributed by atoms with E-state index in [1.165, 1.54) is 13.8 Å². The Morgan fingerprint density at radius 2 is 1.58 bits per heavy atom. The third-order valence-electron chi connectivity index (χ3n) is 5.36. The number of amides is 2. The fraction of sp³-hybridized carbons (Fsp3) is 0.895. The van der Waals surface area contributed by atoms with Gasteiger partial charge in [0.05, 0.1) is 32.0 Å². The molecule has 0 aromatic carbocycles. The maximum Gasteiger partial charge on any atom is 0.217 e. The molecule has 0 spiro atoms. The number of carbonyl (C=O) groups excluding carboxylic acids is 2. The van der Waals surface area contributed by atoms with Gasteiger partial charge in [-0.05, 0) is 0 Å². The highest BCUT2D eigenvalue weighted by Gasteiger charge is 2.49. The predicted octanol–water partition coefficient (Wildman–Crippen LogP) is -3.77. The van der Waals surface area contributed by atoms with Gasteiger partial charge in [0.1, 0.15) is 36.6 Å². The molecule has 2 amide bonds. The van der Waals surface area contributed by atoms with E-state index < -0.39 is 80.4 Å². The minimum absolute atomic E-state index is 0.0793. The average Bonchev–Trinajstić information content (AvgIpc) is 2.87. The number of hydrogen-bond donors (Lipinski definition) is 8. The van der Waals surface area contributed by atoms with E-state index in [1.807, 2.05) is 0 Å². The summed E-state index contributed by atoms with van der Waals surface area (Å²) in [6.07, 6.45) is -10.5. The molecular formula is C19H34N2O11S. The second-order valence-electron chi connectivity index (χ2n) is 7.96. The third-order valence-corrected chi connectivity index (χ3v) is 5.55. The Morgan fingerprint density at radius 1 is 0.970 bits per heavy atom. The molecule has 0 radical (unpaired) electrons. The highest BCUT2D eigenvalue weighted by atomic mass is 32.1. The lowest BCUT2D eigenvalue weighted by atomic mass is 9.96. The normalized spacial score (nSPS) is 39.5. The molecule has 0 saturated carbocycles. The lowest BCUT2D eigenvalue weighted by Crippen LogP contribution is -2.65. The molecule has 192 valence electrons. The summed E-state index contributed by atoms with van der Waals surface area (Å²) in [6, 6.07) is -2.03. The van der Waals surface area contributed by atoms with Gasteiger partial charge in [-0.1, -0.05) is 0 Å². The van der Waals surface area contributed by atoms with E-state index in [4.69, 9.17) is 18.9 Å². The third kappa shape index (κ3) is 7.45. The maximum atomic E-state index is 11.6. The maximum absolute atomic E-state index is 11.6. The van der Waals surface area contributed by atoms with Crippen molar-refractivity contribution in [2.75, 3.05) is 25.6 Å². The second kappa shape index (κ2) is 13.1. The van der Waals surface area contributed by atoms with Crippen LogP contribution in [0.2, 0.25) is 0 Å². The fourth-order valence-electron chi connectivity index (χ4n) is 3.88. The zero-order valence-electron chi connectivity index (χ0n) is 18.4. The summed E-state index contributed by atoms with van der Waals surface area (Å²) < 4.78 is 22.8. The van der Waals surface area contributed by atoms with Crippen molar-refractivity contribution in [2.45, 2.75) is 81.6 Å². The van der Waals surface area contributed by atoms with E-state index in [0.717, 1.165) is 0 Å². The molecule has 2 heterocycles. The molecule has 14 heteroatoms. The smallest absolute Gasteiger partial charge is 0.217 e. The molecule has 2 saturated heterocycles. The number of nitrogens with one attached hydrogen (secondary N) is 2. The van der Waals surface area contributed by atoms with Gasteiger partial charge in [-0.15, -0.1) is 0 Å². The molecule has 2 aliphatic rings. The standard InChI is InChI=1S/C19H34N2O11S/c1-8(24)20-10-5-11(26)17(13(7-23)31-18(10)29-3-4-33)32-19-14(21-9(2)25)16(28)15(27)12(6-22)30-19/h10-19,22-23,26-28,33H,3-7H2,1-2H3,(H,20,24)(H,21,25)/t10?,11?,12?,13?,14?,15-,16?,17+,18-,19+/m1/s1. The predicted molar refractivity (Wildman–Crippen MR) is 114 cm³/mol. The van der Waals surface area contributed by atoms with Gasteiger partial charge < -0.3 is 55.1 Å². The zero-order chi connectivity index (χ0) is 24.7. The minimum Gasteiger partial charge on any atom is -0.394 e. The SMILES string of the molecule is CC(=O)NC1CC(O)[C@H](O[C@@H]2OC(CO)[C@@H](O)C(O)C2NC(C)=O)C(CO)O[C@H]1OCCS. The van der Waals surface area contributed by atoms with Gasteiger partial charge in [-0.25, -0.2) is 0 Å². The summed E-state index contributed by atoms with van der Waals surface area (Å²) >= 11 is 4.08. The Kier molecular flexibility index (Phi) is 11.2. The second-order valence-corrected chi connectivity index (χ2v) is 8.41. The Labute approximate surface area is 196 Å². The monoisotopic (exact) mass is 498 g/mol. The van der Waals surface area contributed by atoms with Crippen LogP contribution in [0.4, 0.5) is 0 Å².